The van der Waals surface area contributed by atoms with Gasteiger partial charge in [-0.1, -0.05) is 12.1 Å². The molecule has 134 valence electrons. The van der Waals surface area contributed by atoms with E-state index in [0.717, 1.165) is 6.07 Å². The number of halogens is 4. The average Bonchev–Trinajstić information content (AvgIpc) is 2.90. The third kappa shape index (κ3) is 6.09. The largest absolute Gasteiger partial charge is 0.401 e. The van der Waals surface area contributed by atoms with Crippen LogP contribution in [0.1, 0.15) is 24.5 Å². The minimum Gasteiger partial charge on any atom is -0.388 e. The molecular weight excluding hydrogens is 328 g/mol. The van der Waals surface area contributed by atoms with Crippen molar-refractivity contribution in [3.05, 3.63) is 35.6 Å². The first kappa shape index (κ1) is 18.7. The summed E-state index contributed by atoms with van der Waals surface area (Å²) in [6, 6.07) is 5.36. The molecule has 1 saturated heterocycles. The second-order valence-electron chi connectivity index (χ2n) is 6.08. The van der Waals surface area contributed by atoms with Crippen molar-refractivity contribution in [3.63, 3.8) is 0 Å². The Kier molecular flexibility index (Phi) is 6.17. The zero-order valence-electron chi connectivity index (χ0n) is 13.0. The Morgan fingerprint density at radius 1 is 1.42 bits per heavy atom. The summed E-state index contributed by atoms with van der Waals surface area (Å²) in [6.07, 6.45) is -4.97. The third-order valence-corrected chi connectivity index (χ3v) is 3.97. The van der Waals surface area contributed by atoms with E-state index in [9.17, 15) is 27.5 Å². The van der Waals surface area contributed by atoms with Gasteiger partial charge >= 0.3 is 6.18 Å². The van der Waals surface area contributed by atoms with E-state index in [4.69, 9.17) is 0 Å². The van der Waals surface area contributed by atoms with E-state index in [1.165, 1.54) is 23.1 Å². The minimum absolute atomic E-state index is 0.0392. The summed E-state index contributed by atoms with van der Waals surface area (Å²) >= 11 is 0. The standard InChI is InChI=1S/C16H20F4N2O2/c17-13-3-1-2-12(6-13)14(23)7-15(24)21-8-11-4-5-22(9-11)10-16(18,19)20/h1-3,6,11,14,23H,4-5,7-10H2,(H,21,24). The normalized spacial score (nSPS) is 20.1. The van der Waals surface area contributed by atoms with Crippen molar-refractivity contribution in [3.8, 4) is 0 Å². The molecule has 1 aliphatic heterocycles. The van der Waals surface area contributed by atoms with E-state index in [1.54, 1.807) is 0 Å². The van der Waals surface area contributed by atoms with E-state index in [1.807, 2.05) is 0 Å². The van der Waals surface area contributed by atoms with E-state index in [-0.39, 0.29) is 25.4 Å². The lowest BCUT2D eigenvalue weighted by molar-refractivity contribution is -0.143. The highest BCUT2D eigenvalue weighted by Gasteiger charge is 2.34. The maximum Gasteiger partial charge on any atom is 0.401 e. The van der Waals surface area contributed by atoms with Crippen molar-refractivity contribution in [1.82, 2.24) is 10.2 Å². The predicted octanol–water partition coefficient (Wildman–Crippen LogP) is 2.25. The van der Waals surface area contributed by atoms with Gasteiger partial charge in [0, 0.05) is 13.1 Å². The maximum atomic E-state index is 13.1. The maximum absolute atomic E-state index is 13.1. The summed E-state index contributed by atoms with van der Waals surface area (Å²) in [5.74, 6) is -0.952. The van der Waals surface area contributed by atoms with Crippen LogP contribution in [0.15, 0.2) is 24.3 Å². The number of likely N-dealkylation sites (tertiary alicyclic amines) is 1. The fraction of sp³-hybridized carbons (Fsp3) is 0.562. The van der Waals surface area contributed by atoms with Gasteiger partial charge in [0.15, 0.2) is 0 Å². The SMILES string of the molecule is O=C(CC(O)c1cccc(F)c1)NCC1CCN(CC(F)(F)F)C1. The molecule has 0 aromatic heterocycles. The molecule has 1 aromatic rings. The number of benzene rings is 1. The van der Waals surface area contributed by atoms with Crippen molar-refractivity contribution in [2.24, 2.45) is 5.92 Å². The van der Waals surface area contributed by atoms with Crippen molar-refractivity contribution in [1.29, 1.82) is 0 Å². The van der Waals surface area contributed by atoms with Gasteiger partial charge in [0.25, 0.3) is 0 Å². The van der Waals surface area contributed by atoms with Gasteiger partial charge in [0.2, 0.25) is 5.91 Å². The molecule has 0 saturated carbocycles. The number of hydrogen-bond donors (Lipinski definition) is 2. The molecule has 1 aliphatic rings. The molecule has 1 aromatic carbocycles. The van der Waals surface area contributed by atoms with Crippen LogP contribution in [0.4, 0.5) is 17.6 Å². The van der Waals surface area contributed by atoms with Gasteiger partial charge in [-0.15, -0.1) is 0 Å². The molecule has 0 spiro atoms. The van der Waals surface area contributed by atoms with Crippen LogP contribution in [-0.2, 0) is 4.79 Å². The number of aliphatic hydroxyl groups is 1. The molecule has 4 nitrogen and oxygen atoms in total. The zero-order chi connectivity index (χ0) is 17.7. The average molecular weight is 348 g/mol. The molecule has 24 heavy (non-hydrogen) atoms. The zero-order valence-corrected chi connectivity index (χ0v) is 13.0. The van der Waals surface area contributed by atoms with Gasteiger partial charge in [-0.2, -0.15) is 13.2 Å². The topological polar surface area (TPSA) is 52.6 Å². The summed E-state index contributed by atoms with van der Waals surface area (Å²) in [5.41, 5.74) is 0.308. The number of rotatable bonds is 6. The molecule has 0 bridgehead atoms. The fourth-order valence-corrected chi connectivity index (χ4v) is 2.81. The number of aliphatic hydroxyl groups excluding tert-OH is 1. The first-order valence-corrected chi connectivity index (χ1v) is 7.72. The van der Waals surface area contributed by atoms with Crippen LogP contribution in [0.2, 0.25) is 0 Å². The van der Waals surface area contributed by atoms with Crippen LogP contribution in [0.3, 0.4) is 0 Å². The summed E-state index contributed by atoms with van der Waals surface area (Å²) in [6.45, 7) is -0.0308. The van der Waals surface area contributed by atoms with Crippen LogP contribution in [0.5, 0.6) is 0 Å². The van der Waals surface area contributed by atoms with Gasteiger partial charge in [-0.05, 0) is 36.6 Å². The number of hydrogen-bond acceptors (Lipinski definition) is 3. The van der Waals surface area contributed by atoms with Crippen LogP contribution in [0, 0.1) is 11.7 Å². The molecule has 2 N–H and O–H groups in total. The van der Waals surface area contributed by atoms with Crippen molar-refractivity contribution in [2.45, 2.75) is 25.1 Å². The molecule has 1 amide bonds. The summed E-state index contributed by atoms with van der Waals surface area (Å²) < 4.78 is 50.0. The van der Waals surface area contributed by atoms with Gasteiger partial charge in [0.05, 0.1) is 19.1 Å². The highest BCUT2D eigenvalue weighted by Crippen LogP contribution is 2.22. The molecule has 8 heteroatoms. The van der Waals surface area contributed by atoms with Crippen LogP contribution in [0.25, 0.3) is 0 Å². The van der Waals surface area contributed by atoms with Crippen LogP contribution < -0.4 is 5.32 Å². The molecule has 2 rings (SSSR count). The lowest BCUT2D eigenvalue weighted by Crippen LogP contribution is -2.35. The summed E-state index contributed by atoms with van der Waals surface area (Å²) in [7, 11) is 0. The van der Waals surface area contributed by atoms with Gasteiger partial charge < -0.3 is 10.4 Å². The molecule has 2 unspecified atom stereocenters. The molecule has 1 fully saturated rings. The first-order valence-electron chi connectivity index (χ1n) is 7.72. The highest BCUT2D eigenvalue weighted by molar-refractivity contribution is 5.76. The summed E-state index contributed by atoms with van der Waals surface area (Å²) in [4.78, 5) is 13.1. The number of carbonyl (C=O) groups is 1. The summed E-state index contributed by atoms with van der Waals surface area (Å²) in [5, 5.41) is 12.5. The molecule has 0 aliphatic carbocycles. The highest BCUT2D eigenvalue weighted by atomic mass is 19.4. The minimum atomic E-state index is -4.22. The van der Waals surface area contributed by atoms with Gasteiger partial charge in [-0.25, -0.2) is 4.39 Å². The third-order valence-electron chi connectivity index (χ3n) is 3.97. The van der Waals surface area contributed by atoms with E-state index < -0.39 is 30.5 Å². The number of amides is 1. The molecular formula is C16H20F4N2O2. The van der Waals surface area contributed by atoms with Crippen LogP contribution >= 0.6 is 0 Å². The smallest absolute Gasteiger partial charge is 0.388 e. The quantitative estimate of drug-likeness (QED) is 0.776. The Bertz CT molecular complexity index is 565. The second-order valence-corrected chi connectivity index (χ2v) is 6.08. The van der Waals surface area contributed by atoms with Gasteiger partial charge in [0.1, 0.15) is 5.82 Å². The lowest BCUT2D eigenvalue weighted by atomic mass is 10.1. The van der Waals surface area contributed by atoms with Crippen LogP contribution in [-0.4, -0.2) is 48.3 Å². The number of nitrogens with zero attached hydrogens (tertiary/aromatic N) is 1. The second kappa shape index (κ2) is 7.94. The Hall–Kier alpha value is -1.67. The Morgan fingerprint density at radius 3 is 2.83 bits per heavy atom. The first-order chi connectivity index (χ1) is 11.2. The van der Waals surface area contributed by atoms with E-state index in [2.05, 4.69) is 5.32 Å². The Morgan fingerprint density at radius 2 is 2.17 bits per heavy atom. The Balaban J connectivity index is 1.72. The number of alkyl halides is 3. The van der Waals surface area contributed by atoms with Crippen molar-refractivity contribution < 1.29 is 27.5 Å². The van der Waals surface area contributed by atoms with E-state index in [0.29, 0.717) is 18.5 Å². The molecule has 1 heterocycles. The van der Waals surface area contributed by atoms with Gasteiger partial charge in [-0.3, -0.25) is 9.69 Å². The predicted molar refractivity (Wildman–Crippen MR) is 79.6 cm³/mol. The molecule has 0 radical (unpaired) electrons. The monoisotopic (exact) mass is 348 g/mol. The fourth-order valence-electron chi connectivity index (χ4n) is 2.81. The lowest BCUT2D eigenvalue weighted by Gasteiger charge is -2.18. The van der Waals surface area contributed by atoms with Crippen molar-refractivity contribution >= 4 is 5.91 Å². The Labute approximate surface area is 137 Å². The van der Waals surface area contributed by atoms with E-state index >= 15 is 0 Å². The molecule has 2 atom stereocenters. The van der Waals surface area contributed by atoms with Crippen molar-refractivity contribution in [2.75, 3.05) is 26.2 Å². The number of nitrogens with one attached hydrogen (secondary N) is 1. The number of carbonyl (C=O) groups excluding carboxylic acids is 1.